The van der Waals surface area contributed by atoms with Crippen LogP contribution < -0.4 is 10.6 Å². The number of hydrogen-bond acceptors (Lipinski definition) is 3. The van der Waals surface area contributed by atoms with Gasteiger partial charge in [-0.25, -0.2) is 0 Å². The van der Waals surface area contributed by atoms with E-state index in [1.54, 1.807) is 6.92 Å². The summed E-state index contributed by atoms with van der Waals surface area (Å²) in [6.45, 7) is 2.26. The molecule has 0 fully saturated rings. The first kappa shape index (κ1) is 21.6. The van der Waals surface area contributed by atoms with E-state index in [0.29, 0.717) is 19.6 Å². The molecule has 9 heteroatoms. The quantitative estimate of drug-likeness (QED) is 0.222. The number of guanidine groups is 1. The smallest absolute Gasteiger partial charge is 0.390 e. The predicted molar refractivity (Wildman–Crippen MR) is 81.3 cm³/mol. The fourth-order valence-corrected chi connectivity index (χ4v) is 1.22. The minimum Gasteiger partial charge on any atom is -0.466 e. The fraction of sp³-hybridized carbons (Fsp3) is 0.818. The zero-order chi connectivity index (χ0) is 14.7. The normalized spacial score (nSPS) is 11.6. The van der Waals surface area contributed by atoms with Crippen LogP contribution in [0.4, 0.5) is 13.2 Å². The van der Waals surface area contributed by atoms with Crippen molar-refractivity contribution < 1.29 is 22.7 Å². The van der Waals surface area contributed by atoms with Crippen molar-refractivity contribution in [1.82, 2.24) is 10.6 Å². The Morgan fingerprint density at radius 2 is 1.85 bits per heavy atom. The molecule has 2 N–H and O–H groups in total. The summed E-state index contributed by atoms with van der Waals surface area (Å²) < 4.78 is 40.5. The van der Waals surface area contributed by atoms with E-state index in [-0.39, 0.29) is 48.9 Å². The number of halogens is 4. The lowest BCUT2D eigenvalue weighted by Crippen LogP contribution is -2.39. The number of esters is 1. The highest BCUT2D eigenvalue weighted by Crippen LogP contribution is 2.17. The van der Waals surface area contributed by atoms with Crippen molar-refractivity contribution in [3.63, 3.8) is 0 Å². The molecule has 0 unspecified atom stereocenters. The van der Waals surface area contributed by atoms with Crippen molar-refractivity contribution in [1.29, 1.82) is 0 Å². The zero-order valence-corrected chi connectivity index (χ0v) is 13.9. The van der Waals surface area contributed by atoms with E-state index in [1.807, 2.05) is 0 Å². The van der Waals surface area contributed by atoms with E-state index >= 15 is 0 Å². The second kappa shape index (κ2) is 12.0. The number of rotatable bonds is 7. The lowest BCUT2D eigenvalue weighted by atomic mass is 10.3. The molecular formula is C11H21F3IN3O2. The standard InChI is InChI=1S/C11H20F3N3O2.HI/c1-3-19-9(18)5-4-7-16-10(15-2)17-8-6-11(12,13)14;/h3-8H2,1-2H3,(H2,15,16,17);1H. The number of carbonyl (C=O) groups is 1. The molecule has 0 saturated carbocycles. The van der Waals surface area contributed by atoms with E-state index in [4.69, 9.17) is 4.74 Å². The Kier molecular flexibility index (Phi) is 13.0. The van der Waals surface area contributed by atoms with Crippen LogP contribution in [-0.2, 0) is 9.53 Å². The number of nitrogens with one attached hydrogen (secondary N) is 2. The first-order valence-corrected chi connectivity index (χ1v) is 6.06. The van der Waals surface area contributed by atoms with Gasteiger partial charge in [0.2, 0.25) is 0 Å². The number of carbonyl (C=O) groups excluding carboxylic acids is 1. The highest BCUT2D eigenvalue weighted by Gasteiger charge is 2.26. The molecule has 0 amide bonds. The van der Waals surface area contributed by atoms with Crippen molar-refractivity contribution in [2.75, 3.05) is 26.7 Å². The minimum atomic E-state index is -4.18. The summed E-state index contributed by atoms with van der Waals surface area (Å²) >= 11 is 0. The van der Waals surface area contributed by atoms with Crippen LogP contribution in [0.15, 0.2) is 4.99 Å². The van der Waals surface area contributed by atoms with Crippen molar-refractivity contribution in [2.24, 2.45) is 4.99 Å². The van der Waals surface area contributed by atoms with Crippen molar-refractivity contribution in [3.8, 4) is 0 Å². The van der Waals surface area contributed by atoms with Crippen LogP contribution in [0.5, 0.6) is 0 Å². The molecule has 0 aromatic carbocycles. The van der Waals surface area contributed by atoms with Gasteiger partial charge in [0.05, 0.1) is 13.0 Å². The average Bonchev–Trinajstić information content (AvgIpc) is 2.31. The summed E-state index contributed by atoms with van der Waals surface area (Å²) in [5.41, 5.74) is 0. The fourth-order valence-electron chi connectivity index (χ4n) is 1.22. The molecule has 0 aliphatic heterocycles. The third-order valence-electron chi connectivity index (χ3n) is 2.08. The van der Waals surface area contributed by atoms with Gasteiger partial charge in [0.15, 0.2) is 5.96 Å². The van der Waals surface area contributed by atoms with Crippen molar-refractivity contribution in [2.45, 2.75) is 32.4 Å². The van der Waals surface area contributed by atoms with Crippen LogP contribution in [0.3, 0.4) is 0 Å². The molecule has 120 valence electrons. The van der Waals surface area contributed by atoms with Crippen LogP contribution in [-0.4, -0.2) is 44.8 Å². The summed E-state index contributed by atoms with van der Waals surface area (Å²) in [6.07, 6.45) is -4.31. The lowest BCUT2D eigenvalue weighted by molar-refractivity contribution is -0.143. The number of hydrogen-bond donors (Lipinski definition) is 2. The second-order valence-corrected chi connectivity index (χ2v) is 3.70. The van der Waals surface area contributed by atoms with Gasteiger partial charge in [-0.2, -0.15) is 13.2 Å². The minimum absolute atomic E-state index is 0. The largest absolute Gasteiger partial charge is 0.466 e. The number of alkyl halides is 3. The Balaban J connectivity index is 0. The molecule has 0 heterocycles. The van der Waals surface area contributed by atoms with Gasteiger partial charge in [0.1, 0.15) is 0 Å². The lowest BCUT2D eigenvalue weighted by Gasteiger charge is -2.12. The Labute approximate surface area is 133 Å². The maximum Gasteiger partial charge on any atom is 0.390 e. The monoisotopic (exact) mass is 411 g/mol. The van der Waals surface area contributed by atoms with Crippen LogP contribution in [0.1, 0.15) is 26.2 Å². The summed E-state index contributed by atoms with van der Waals surface area (Å²) in [5.74, 6) is -0.00238. The summed E-state index contributed by atoms with van der Waals surface area (Å²) in [7, 11) is 1.47. The summed E-state index contributed by atoms with van der Waals surface area (Å²) in [6, 6.07) is 0. The van der Waals surface area contributed by atoms with Crippen LogP contribution >= 0.6 is 24.0 Å². The molecular weight excluding hydrogens is 390 g/mol. The maximum atomic E-state index is 11.9. The van der Waals surface area contributed by atoms with E-state index in [0.717, 1.165) is 0 Å². The summed E-state index contributed by atoms with van der Waals surface area (Å²) in [4.78, 5) is 14.8. The average molecular weight is 411 g/mol. The van der Waals surface area contributed by atoms with Gasteiger partial charge in [0.25, 0.3) is 0 Å². The molecule has 0 radical (unpaired) electrons. The molecule has 0 aromatic heterocycles. The molecule has 0 aliphatic rings. The Bertz CT molecular complexity index is 299. The molecule has 20 heavy (non-hydrogen) atoms. The number of aliphatic imine (C=N–C) groups is 1. The molecule has 0 bridgehead atoms. The van der Waals surface area contributed by atoms with E-state index in [9.17, 15) is 18.0 Å². The first-order valence-electron chi connectivity index (χ1n) is 6.06. The topological polar surface area (TPSA) is 62.7 Å². The molecule has 5 nitrogen and oxygen atoms in total. The van der Waals surface area contributed by atoms with Crippen LogP contribution in [0, 0.1) is 0 Å². The van der Waals surface area contributed by atoms with Crippen LogP contribution in [0.25, 0.3) is 0 Å². The third kappa shape index (κ3) is 13.7. The van der Waals surface area contributed by atoms with Crippen molar-refractivity contribution >= 4 is 35.9 Å². The number of ether oxygens (including phenoxy) is 1. The maximum absolute atomic E-state index is 11.9. The molecule has 0 aliphatic carbocycles. The molecule has 0 rings (SSSR count). The van der Waals surface area contributed by atoms with Crippen molar-refractivity contribution in [3.05, 3.63) is 0 Å². The highest BCUT2D eigenvalue weighted by molar-refractivity contribution is 14.0. The Hall–Kier alpha value is -0.740. The third-order valence-corrected chi connectivity index (χ3v) is 2.08. The van der Waals surface area contributed by atoms with E-state index in [1.165, 1.54) is 7.05 Å². The molecule has 0 atom stereocenters. The predicted octanol–water partition coefficient (Wildman–Crippen LogP) is 2.07. The van der Waals surface area contributed by atoms with Gasteiger partial charge in [-0.3, -0.25) is 9.79 Å². The highest BCUT2D eigenvalue weighted by atomic mass is 127. The molecule has 0 saturated heterocycles. The first-order chi connectivity index (χ1) is 8.89. The van der Waals surface area contributed by atoms with Gasteiger partial charge in [-0.15, -0.1) is 24.0 Å². The SMILES string of the molecule is CCOC(=O)CCCNC(=NC)NCCC(F)(F)F.I. The molecule has 0 spiro atoms. The van der Waals surface area contributed by atoms with Gasteiger partial charge >= 0.3 is 12.1 Å². The van der Waals surface area contributed by atoms with Gasteiger partial charge in [0, 0.05) is 26.6 Å². The zero-order valence-electron chi connectivity index (χ0n) is 11.5. The van der Waals surface area contributed by atoms with E-state index in [2.05, 4.69) is 15.6 Å². The number of nitrogens with zero attached hydrogens (tertiary/aromatic N) is 1. The van der Waals surface area contributed by atoms with Gasteiger partial charge in [-0.1, -0.05) is 0 Å². The van der Waals surface area contributed by atoms with E-state index < -0.39 is 12.6 Å². The Morgan fingerprint density at radius 1 is 1.25 bits per heavy atom. The summed E-state index contributed by atoms with van der Waals surface area (Å²) in [5, 5.41) is 5.36. The Morgan fingerprint density at radius 3 is 2.35 bits per heavy atom. The van der Waals surface area contributed by atoms with Crippen LogP contribution in [0.2, 0.25) is 0 Å². The van der Waals surface area contributed by atoms with Gasteiger partial charge in [-0.05, 0) is 13.3 Å². The van der Waals surface area contributed by atoms with Gasteiger partial charge < -0.3 is 15.4 Å². The second-order valence-electron chi connectivity index (χ2n) is 3.70. The molecule has 0 aromatic rings.